The highest BCUT2D eigenvalue weighted by Gasteiger charge is 2.25. The van der Waals surface area contributed by atoms with Gasteiger partial charge in [0, 0.05) is 35.4 Å². The normalized spacial score (nSPS) is 10.7. The van der Waals surface area contributed by atoms with Gasteiger partial charge in [-0.2, -0.15) is 0 Å². The maximum atomic E-state index is 12.8. The zero-order valence-electron chi connectivity index (χ0n) is 21.3. The van der Waals surface area contributed by atoms with Crippen molar-refractivity contribution in [2.45, 2.75) is 6.92 Å². The summed E-state index contributed by atoms with van der Waals surface area (Å²) in [5.74, 6) is 0.444. The first-order chi connectivity index (χ1) is 18.9. The number of anilines is 1. The molecule has 39 heavy (non-hydrogen) atoms. The molecule has 9 heteroatoms. The van der Waals surface area contributed by atoms with Crippen LogP contribution in [0.15, 0.2) is 91.9 Å². The second-order valence-corrected chi connectivity index (χ2v) is 8.65. The molecule has 0 spiro atoms. The van der Waals surface area contributed by atoms with Gasteiger partial charge < -0.3 is 24.9 Å². The van der Waals surface area contributed by atoms with Crippen LogP contribution in [0.5, 0.6) is 17.4 Å². The van der Waals surface area contributed by atoms with Gasteiger partial charge in [-0.15, -0.1) is 0 Å². The summed E-state index contributed by atoms with van der Waals surface area (Å²) in [4.78, 5) is 33.2. The van der Waals surface area contributed by atoms with E-state index < -0.39 is 5.91 Å². The standard InChI is InChI=1S/C30H25N5O4/c1-4-25(36)34-21-11-8-19(9-12-21)29-27(28(30(31)37)22-17-32-14-15-35(22)29)20-10-13-23(24(16-20)38-3)39-26-7-5-6-18(2)33-26/h4-17H,1H2,2-3H3,(H2,31,37)(H,34,36). The quantitative estimate of drug-likeness (QED) is 0.265. The van der Waals surface area contributed by atoms with Crippen molar-refractivity contribution >= 4 is 23.0 Å². The molecule has 0 atom stereocenters. The van der Waals surface area contributed by atoms with Gasteiger partial charge in [0.25, 0.3) is 5.91 Å². The average molecular weight is 520 g/mol. The Morgan fingerprint density at radius 3 is 2.51 bits per heavy atom. The number of carbonyl (C=O) groups excluding carboxylic acids is 2. The molecule has 2 aromatic carbocycles. The fraction of sp³-hybridized carbons (Fsp3) is 0.0667. The van der Waals surface area contributed by atoms with E-state index in [9.17, 15) is 9.59 Å². The van der Waals surface area contributed by atoms with Crippen molar-refractivity contribution in [3.05, 3.63) is 103 Å². The summed E-state index contributed by atoms with van der Waals surface area (Å²) in [6.07, 6.45) is 6.21. The van der Waals surface area contributed by atoms with Crippen molar-refractivity contribution in [3.63, 3.8) is 0 Å². The molecule has 3 aromatic heterocycles. The topological polar surface area (TPSA) is 121 Å². The van der Waals surface area contributed by atoms with Gasteiger partial charge in [-0.1, -0.05) is 30.8 Å². The minimum atomic E-state index is -0.597. The van der Waals surface area contributed by atoms with Crippen LogP contribution in [0.4, 0.5) is 5.69 Å². The minimum Gasteiger partial charge on any atom is -0.493 e. The molecular weight excluding hydrogens is 494 g/mol. The van der Waals surface area contributed by atoms with Gasteiger partial charge in [0.15, 0.2) is 11.5 Å². The molecule has 0 aliphatic carbocycles. The van der Waals surface area contributed by atoms with E-state index in [0.29, 0.717) is 45.3 Å². The van der Waals surface area contributed by atoms with E-state index in [1.54, 1.807) is 56.0 Å². The van der Waals surface area contributed by atoms with E-state index in [-0.39, 0.29) is 5.91 Å². The van der Waals surface area contributed by atoms with Crippen molar-refractivity contribution in [2.75, 3.05) is 12.4 Å². The number of nitrogens with one attached hydrogen (secondary N) is 1. The van der Waals surface area contributed by atoms with Gasteiger partial charge >= 0.3 is 0 Å². The highest BCUT2D eigenvalue weighted by molar-refractivity contribution is 6.11. The van der Waals surface area contributed by atoms with E-state index in [2.05, 4.69) is 21.9 Å². The number of hydrogen-bond acceptors (Lipinski definition) is 6. The number of amides is 2. The summed E-state index contributed by atoms with van der Waals surface area (Å²) < 4.78 is 13.5. The van der Waals surface area contributed by atoms with Crippen LogP contribution in [-0.2, 0) is 4.79 Å². The summed E-state index contributed by atoms with van der Waals surface area (Å²) in [5, 5.41) is 2.74. The molecule has 0 unspecified atom stereocenters. The molecule has 0 radical (unpaired) electrons. The number of rotatable bonds is 8. The van der Waals surface area contributed by atoms with Crippen molar-refractivity contribution in [3.8, 4) is 39.8 Å². The van der Waals surface area contributed by atoms with E-state index >= 15 is 0 Å². The summed E-state index contributed by atoms with van der Waals surface area (Å²) >= 11 is 0. The maximum absolute atomic E-state index is 12.8. The van der Waals surface area contributed by atoms with Crippen LogP contribution in [0, 0.1) is 6.92 Å². The molecule has 2 amide bonds. The predicted molar refractivity (Wildman–Crippen MR) is 149 cm³/mol. The average Bonchev–Trinajstić information content (AvgIpc) is 3.29. The van der Waals surface area contributed by atoms with Crippen LogP contribution in [0.2, 0.25) is 0 Å². The second-order valence-electron chi connectivity index (χ2n) is 8.65. The van der Waals surface area contributed by atoms with Crippen LogP contribution in [-0.4, -0.2) is 33.3 Å². The Balaban J connectivity index is 1.68. The number of aromatic nitrogens is 3. The van der Waals surface area contributed by atoms with E-state index in [1.165, 1.54) is 6.08 Å². The summed E-state index contributed by atoms with van der Waals surface area (Å²) in [6.45, 7) is 5.36. The highest BCUT2D eigenvalue weighted by Crippen LogP contribution is 2.42. The Hall–Kier alpha value is -5.44. The first kappa shape index (κ1) is 25.2. The number of methoxy groups -OCH3 is 1. The number of ether oxygens (including phenoxy) is 2. The lowest BCUT2D eigenvalue weighted by molar-refractivity contribution is -0.111. The van der Waals surface area contributed by atoms with Crippen LogP contribution in [0.25, 0.3) is 27.9 Å². The molecule has 3 N–H and O–H groups in total. The third-order valence-electron chi connectivity index (χ3n) is 6.13. The van der Waals surface area contributed by atoms with Gasteiger partial charge in [0.2, 0.25) is 11.8 Å². The second kappa shape index (κ2) is 10.5. The number of benzene rings is 2. The lowest BCUT2D eigenvalue weighted by Gasteiger charge is -2.14. The third-order valence-corrected chi connectivity index (χ3v) is 6.13. The molecule has 0 saturated heterocycles. The number of nitrogens with two attached hydrogens (primary N) is 1. The number of nitrogens with zero attached hydrogens (tertiary/aromatic N) is 3. The lowest BCUT2D eigenvalue weighted by atomic mass is 9.96. The van der Waals surface area contributed by atoms with Gasteiger partial charge in [-0.3, -0.25) is 14.6 Å². The number of primary amides is 1. The third kappa shape index (κ3) is 4.93. The Bertz CT molecular complexity index is 1720. The van der Waals surface area contributed by atoms with Crippen LogP contribution in [0.1, 0.15) is 16.1 Å². The molecular formula is C30H25N5O4. The van der Waals surface area contributed by atoms with Gasteiger partial charge in [-0.05, 0) is 54.5 Å². The predicted octanol–water partition coefficient (Wildman–Crippen LogP) is 5.40. The molecule has 5 rings (SSSR count). The molecule has 194 valence electrons. The Labute approximate surface area is 224 Å². The summed E-state index contributed by atoms with van der Waals surface area (Å²) in [5.41, 5.74) is 11.0. The molecule has 9 nitrogen and oxygen atoms in total. The maximum Gasteiger partial charge on any atom is 0.251 e. The van der Waals surface area contributed by atoms with Gasteiger partial charge in [0.1, 0.15) is 0 Å². The van der Waals surface area contributed by atoms with Crippen molar-refractivity contribution in [2.24, 2.45) is 5.73 Å². The van der Waals surface area contributed by atoms with E-state index in [0.717, 1.165) is 17.0 Å². The van der Waals surface area contributed by atoms with E-state index in [4.69, 9.17) is 15.2 Å². The van der Waals surface area contributed by atoms with Crippen LogP contribution >= 0.6 is 0 Å². The van der Waals surface area contributed by atoms with Gasteiger partial charge in [0.05, 0.1) is 30.1 Å². The Kier molecular flexibility index (Phi) is 6.79. The molecule has 0 saturated carbocycles. The smallest absolute Gasteiger partial charge is 0.251 e. The first-order valence-corrected chi connectivity index (χ1v) is 12.0. The number of hydrogen-bond donors (Lipinski definition) is 2. The monoisotopic (exact) mass is 519 g/mol. The molecule has 0 aliphatic heterocycles. The SMILES string of the molecule is C=CC(=O)Nc1ccc(-c2c(-c3ccc(Oc4cccc(C)n4)c(OC)c3)c(C(N)=O)c3cnccn23)cc1. The number of aryl methyl sites for hydroxylation is 1. The van der Waals surface area contributed by atoms with Crippen molar-refractivity contribution in [1.29, 1.82) is 0 Å². The fourth-order valence-corrected chi connectivity index (χ4v) is 4.42. The molecule has 5 aromatic rings. The van der Waals surface area contributed by atoms with Crippen LogP contribution < -0.4 is 20.5 Å². The van der Waals surface area contributed by atoms with Gasteiger partial charge in [-0.25, -0.2) is 4.98 Å². The Morgan fingerprint density at radius 2 is 1.82 bits per heavy atom. The fourth-order valence-electron chi connectivity index (χ4n) is 4.42. The first-order valence-electron chi connectivity index (χ1n) is 12.0. The zero-order valence-corrected chi connectivity index (χ0v) is 21.3. The highest BCUT2D eigenvalue weighted by atomic mass is 16.5. The minimum absolute atomic E-state index is 0.311. The van der Waals surface area contributed by atoms with Crippen molar-refractivity contribution in [1.82, 2.24) is 14.4 Å². The van der Waals surface area contributed by atoms with E-state index in [1.807, 2.05) is 41.7 Å². The number of fused-ring (bicyclic) bond motifs is 1. The number of pyridine rings is 1. The summed E-state index contributed by atoms with van der Waals surface area (Å²) in [6, 6.07) is 18.2. The van der Waals surface area contributed by atoms with Crippen molar-refractivity contribution < 1.29 is 19.1 Å². The lowest BCUT2D eigenvalue weighted by Crippen LogP contribution is -2.11. The molecule has 0 bridgehead atoms. The zero-order chi connectivity index (χ0) is 27.5. The number of carbonyl (C=O) groups is 2. The largest absolute Gasteiger partial charge is 0.493 e. The Morgan fingerprint density at radius 1 is 1.05 bits per heavy atom. The molecule has 3 heterocycles. The molecule has 0 aliphatic rings. The van der Waals surface area contributed by atoms with Crippen LogP contribution in [0.3, 0.4) is 0 Å². The summed E-state index contributed by atoms with van der Waals surface area (Å²) in [7, 11) is 1.54. The molecule has 0 fully saturated rings.